The molecule has 3 amide bonds. The van der Waals surface area contributed by atoms with Gasteiger partial charge in [0.25, 0.3) is 5.91 Å². The van der Waals surface area contributed by atoms with E-state index in [9.17, 15) is 14.7 Å². The van der Waals surface area contributed by atoms with E-state index in [1.807, 2.05) is 54.6 Å². The van der Waals surface area contributed by atoms with Crippen LogP contribution in [-0.4, -0.2) is 65.0 Å². The van der Waals surface area contributed by atoms with Gasteiger partial charge in [0, 0.05) is 43.0 Å². The number of aliphatic hydroxyl groups is 1. The van der Waals surface area contributed by atoms with Crippen molar-refractivity contribution in [3.05, 3.63) is 65.7 Å². The maximum absolute atomic E-state index is 12.6. The third kappa shape index (κ3) is 6.00. The topological polar surface area (TPSA) is 105 Å². The van der Waals surface area contributed by atoms with Gasteiger partial charge in [0.2, 0.25) is 0 Å². The molecule has 0 unspecified atom stereocenters. The molecule has 0 spiro atoms. The average Bonchev–Trinajstić information content (AvgIpc) is 2.81. The summed E-state index contributed by atoms with van der Waals surface area (Å²) in [4.78, 5) is 28.1. The van der Waals surface area contributed by atoms with Gasteiger partial charge >= 0.3 is 6.03 Å². The number of hydroxylamine groups is 1. The van der Waals surface area contributed by atoms with E-state index in [4.69, 9.17) is 5.21 Å². The van der Waals surface area contributed by atoms with Crippen molar-refractivity contribution in [1.82, 2.24) is 15.7 Å². The molecule has 2 aromatic carbocycles. The number of rotatable bonds is 4. The fourth-order valence-electron chi connectivity index (χ4n) is 3.43. The summed E-state index contributed by atoms with van der Waals surface area (Å²) >= 11 is 0. The maximum Gasteiger partial charge on any atom is 0.318 e. The lowest BCUT2D eigenvalue weighted by molar-refractivity contribution is -0.136. The largest absolute Gasteiger partial charge is 0.388 e. The van der Waals surface area contributed by atoms with Crippen molar-refractivity contribution in [2.45, 2.75) is 25.5 Å². The van der Waals surface area contributed by atoms with Gasteiger partial charge in [0.1, 0.15) is 6.04 Å². The van der Waals surface area contributed by atoms with Gasteiger partial charge < -0.3 is 20.2 Å². The number of piperazine rings is 1. The Morgan fingerprint density at radius 1 is 0.938 bits per heavy atom. The van der Waals surface area contributed by atoms with Gasteiger partial charge in [-0.3, -0.25) is 10.0 Å². The van der Waals surface area contributed by atoms with E-state index in [2.05, 4.69) is 22.1 Å². The van der Waals surface area contributed by atoms with Crippen molar-refractivity contribution in [1.29, 1.82) is 0 Å². The Bertz CT molecular complexity index is 983. The highest BCUT2D eigenvalue weighted by atomic mass is 16.5. The molecule has 1 atom stereocenters. The number of nitrogens with one attached hydrogen (secondary N) is 2. The summed E-state index contributed by atoms with van der Waals surface area (Å²) in [7, 11) is 0. The summed E-state index contributed by atoms with van der Waals surface area (Å²) in [6, 6.07) is 16.1. The fourth-order valence-corrected chi connectivity index (χ4v) is 3.43. The Balaban J connectivity index is 1.55. The van der Waals surface area contributed by atoms with Crippen LogP contribution in [0.4, 0.5) is 10.5 Å². The van der Waals surface area contributed by atoms with Crippen molar-refractivity contribution in [2.75, 3.05) is 31.1 Å². The van der Waals surface area contributed by atoms with Gasteiger partial charge in [-0.05, 0) is 50.2 Å². The van der Waals surface area contributed by atoms with Gasteiger partial charge in [-0.25, -0.2) is 10.3 Å². The molecule has 1 aliphatic rings. The van der Waals surface area contributed by atoms with Crippen LogP contribution >= 0.6 is 0 Å². The molecule has 1 fully saturated rings. The van der Waals surface area contributed by atoms with Crippen molar-refractivity contribution in [3.63, 3.8) is 0 Å². The molecule has 32 heavy (non-hydrogen) atoms. The zero-order valence-electron chi connectivity index (χ0n) is 18.2. The third-order valence-electron chi connectivity index (χ3n) is 5.27. The molecule has 0 aromatic heterocycles. The Morgan fingerprint density at radius 3 is 2.03 bits per heavy atom. The monoisotopic (exact) mass is 436 g/mol. The van der Waals surface area contributed by atoms with Crippen LogP contribution in [0.15, 0.2) is 54.6 Å². The minimum atomic E-state index is -1.53. The van der Waals surface area contributed by atoms with Crippen LogP contribution in [0.25, 0.3) is 0 Å². The summed E-state index contributed by atoms with van der Waals surface area (Å²) in [6.07, 6.45) is 0. The lowest BCUT2D eigenvalue weighted by atomic mass is 9.98. The quantitative estimate of drug-likeness (QED) is 0.331. The number of nitrogens with zero attached hydrogens (tertiary/aromatic N) is 2. The second kappa shape index (κ2) is 10.2. The Labute approximate surface area is 187 Å². The van der Waals surface area contributed by atoms with Gasteiger partial charge in [0.05, 0.1) is 5.60 Å². The zero-order chi connectivity index (χ0) is 23.1. The first kappa shape index (κ1) is 23.1. The van der Waals surface area contributed by atoms with E-state index in [-0.39, 0.29) is 0 Å². The number of hydrogen-bond donors (Lipinski definition) is 4. The molecule has 168 valence electrons. The summed E-state index contributed by atoms with van der Waals surface area (Å²) in [6.45, 7) is 4.95. The second-order valence-electron chi connectivity index (χ2n) is 8.15. The second-order valence-corrected chi connectivity index (χ2v) is 8.15. The standard InChI is InChI=1S/C24H28N4O4/c1-24(2,31)21(22(29)26-32)25-23(30)28-16-14-27(15-17-28)20-12-10-19(11-13-20)9-8-18-6-4-3-5-7-18/h3-7,10-13,21,31-32H,14-17H2,1-2H3,(H,25,30)(H,26,29)/t21-/m1/s1. The molecule has 4 N–H and O–H groups in total. The van der Waals surface area contributed by atoms with Gasteiger partial charge in [-0.2, -0.15) is 0 Å². The first-order valence-electron chi connectivity index (χ1n) is 10.4. The summed E-state index contributed by atoms with van der Waals surface area (Å²) in [5.74, 6) is 5.42. The van der Waals surface area contributed by atoms with Crippen LogP contribution in [0.5, 0.6) is 0 Å². The molecule has 0 bridgehead atoms. The molecule has 8 heteroatoms. The molecule has 1 saturated heterocycles. The van der Waals surface area contributed by atoms with E-state index >= 15 is 0 Å². The van der Waals surface area contributed by atoms with Crippen LogP contribution in [0.3, 0.4) is 0 Å². The van der Waals surface area contributed by atoms with Crippen molar-refractivity contribution >= 4 is 17.6 Å². The molecule has 0 aliphatic carbocycles. The number of urea groups is 1. The smallest absolute Gasteiger partial charge is 0.318 e. The molecule has 0 radical (unpaired) electrons. The minimum Gasteiger partial charge on any atom is -0.388 e. The highest BCUT2D eigenvalue weighted by Gasteiger charge is 2.36. The summed E-state index contributed by atoms with van der Waals surface area (Å²) in [5.41, 5.74) is 2.89. The molecule has 0 saturated carbocycles. The van der Waals surface area contributed by atoms with Gasteiger partial charge in [-0.15, -0.1) is 0 Å². The van der Waals surface area contributed by atoms with E-state index in [0.717, 1.165) is 16.8 Å². The lowest BCUT2D eigenvalue weighted by Crippen LogP contribution is -2.61. The van der Waals surface area contributed by atoms with Gasteiger partial charge in [0.15, 0.2) is 0 Å². The number of benzene rings is 2. The summed E-state index contributed by atoms with van der Waals surface area (Å²) in [5, 5.41) is 21.5. The normalized spacial score (nSPS) is 14.8. The summed E-state index contributed by atoms with van der Waals surface area (Å²) < 4.78 is 0. The Kier molecular flexibility index (Phi) is 7.36. The first-order valence-corrected chi connectivity index (χ1v) is 10.4. The Morgan fingerprint density at radius 2 is 1.50 bits per heavy atom. The molecule has 1 heterocycles. The molecule has 8 nitrogen and oxygen atoms in total. The Hall–Kier alpha value is -3.54. The highest BCUT2D eigenvalue weighted by molar-refractivity contribution is 5.87. The first-order chi connectivity index (χ1) is 15.3. The predicted molar refractivity (Wildman–Crippen MR) is 121 cm³/mol. The number of amides is 3. The molecule has 1 aliphatic heterocycles. The number of carbonyl (C=O) groups excluding carboxylic acids is 2. The van der Waals surface area contributed by atoms with E-state index in [1.165, 1.54) is 19.3 Å². The number of carbonyl (C=O) groups is 2. The average molecular weight is 437 g/mol. The van der Waals surface area contributed by atoms with Gasteiger partial charge in [-0.1, -0.05) is 30.0 Å². The van der Waals surface area contributed by atoms with Crippen LogP contribution in [0.2, 0.25) is 0 Å². The van der Waals surface area contributed by atoms with Crippen LogP contribution in [-0.2, 0) is 4.79 Å². The van der Waals surface area contributed by atoms with E-state index in [1.54, 1.807) is 4.90 Å². The van der Waals surface area contributed by atoms with Crippen LogP contribution in [0, 0.1) is 11.8 Å². The SMILES string of the molecule is CC(C)(O)[C@H](NC(=O)N1CCN(c2ccc(C#Cc3ccccc3)cc2)CC1)C(=O)NO. The lowest BCUT2D eigenvalue weighted by Gasteiger charge is -2.37. The van der Waals surface area contributed by atoms with E-state index in [0.29, 0.717) is 26.2 Å². The highest BCUT2D eigenvalue weighted by Crippen LogP contribution is 2.18. The number of hydrogen-bond acceptors (Lipinski definition) is 5. The van der Waals surface area contributed by atoms with E-state index < -0.39 is 23.6 Å². The maximum atomic E-state index is 12.6. The molecular weight excluding hydrogens is 408 g/mol. The van der Waals surface area contributed by atoms with Crippen molar-refractivity contribution in [2.24, 2.45) is 0 Å². The fraction of sp³-hybridized carbons (Fsp3) is 0.333. The third-order valence-corrected chi connectivity index (χ3v) is 5.27. The van der Waals surface area contributed by atoms with Crippen molar-refractivity contribution < 1.29 is 19.9 Å². The van der Waals surface area contributed by atoms with Crippen LogP contribution in [0.1, 0.15) is 25.0 Å². The predicted octanol–water partition coefficient (Wildman–Crippen LogP) is 1.56. The molecule has 2 aromatic rings. The van der Waals surface area contributed by atoms with Crippen LogP contribution < -0.4 is 15.7 Å². The van der Waals surface area contributed by atoms with Crippen molar-refractivity contribution in [3.8, 4) is 11.8 Å². The minimum absolute atomic E-state index is 0.459. The molecular formula is C24H28N4O4. The number of anilines is 1. The zero-order valence-corrected chi connectivity index (χ0v) is 18.2. The molecule has 3 rings (SSSR count).